The molecule has 2 aromatic rings. The Labute approximate surface area is 229 Å². The first kappa shape index (κ1) is 31.1. The van der Waals surface area contributed by atoms with Gasteiger partial charge in [0.25, 0.3) is 0 Å². The molecule has 0 aliphatic heterocycles. The van der Waals surface area contributed by atoms with Crippen LogP contribution in [0.5, 0.6) is 0 Å². The fourth-order valence-electron chi connectivity index (χ4n) is 3.94. The summed E-state index contributed by atoms with van der Waals surface area (Å²) in [6, 6.07) is 15.6. The van der Waals surface area contributed by atoms with Crippen molar-refractivity contribution in [2.75, 3.05) is 20.1 Å². The number of nitrogens with zero attached hydrogens (tertiary/aromatic N) is 1. The zero-order valence-corrected chi connectivity index (χ0v) is 22.6. The number of benzene rings is 2. The molecular formula is C28H39N5O6. The van der Waals surface area contributed by atoms with E-state index in [-0.39, 0.29) is 31.5 Å². The van der Waals surface area contributed by atoms with Crippen molar-refractivity contribution in [1.29, 1.82) is 0 Å². The van der Waals surface area contributed by atoms with E-state index in [2.05, 4.69) is 16.0 Å². The lowest BCUT2D eigenvalue weighted by molar-refractivity contribution is -0.128. The number of aliphatic hydroxyl groups is 1. The predicted octanol–water partition coefficient (Wildman–Crippen LogP) is 1.54. The Balaban J connectivity index is 2.17. The highest BCUT2D eigenvalue weighted by Crippen LogP contribution is 2.11. The van der Waals surface area contributed by atoms with Crippen molar-refractivity contribution < 1.29 is 29.0 Å². The molecule has 39 heavy (non-hydrogen) atoms. The number of hydrogen-bond donors (Lipinski definition) is 5. The van der Waals surface area contributed by atoms with Gasteiger partial charge in [-0.3, -0.25) is 9.59 Å². The minimum absolute atomic E-state index is 0.0297. The minimum Gasteiger partial charge on any atom is -0.445 e. The molecule has 0 spiro atoms. The van der Waals surface area contributed by atoms with Gasteiger partial charge in [-0.2, -0.15) is 0 Å². The quantitative estimate of drug-likeness (QED) is 0.244. The number of hydrogen-bond acceptors (Lipinski definition) is 6. The molecule has 2 aromatic carbocycles. The normalized spacial score (nSPS) is 13.1. The molecular weight excluding hydrogens is 502 g/mol. The number of amides is 5. The average Bonchev–Trinajstić information content (AvgIpc) is 2.90. The van der Waals surface area contributed by atoms with E-state index in [1.165, 1.54) is 11.9 Å². The zero-order chi connectivity index (χ0) is 28.8. The molecule has 0 saturated heterocycles. The number of primary amides is 1. The Morgan fingerprint density at radius 3 is 2.05 bits per heavy atom. The van der Waals surface area contributed by atoms with Crippen LogP contribution in [-0.4, -0.2) is 72.3 Å². The van der Waals surface area contributed by atoms with Crippen LogP contribution in [0.1, 0.15) is 31.4 Å². The lowest BCUT2D eigenvalue weighted by Crippen LogP contribution is -2.56. The van der Waals surface area contributed by atoms with Gasteiger partial charge in [-0.15, -0.1) is 0 Å². The second kappa shape index (κ2) is 16.0. The molecule has 11 heteroatoms. The van der Waals surface area contributed by atoms with Crippen LogP contribution in [0.25, 0.3) is 0 Å². The standard InChI is InChI=1S/C28H39N5O6/c1-19(2)16-33(27(37)30-3)17-24(34)22(14-20-10-6-4-7-11-20)31-26(36)23(15-25(29)35)32-28(38)39-18-21-12-8-5-9-13-21/h4-13,19,22-24,34H,14-18H2,1-3H3,(H2,29,35)(H,30,37)(H,31,36)(H,32,38). The molecule has 0 radical (unpaired) electrons. The summed E-state index contributed by atoms with van der Waals surface area (Å²) >= 11 is 0. The van der Waals surface area contributed by atoms with E-state index >= 15 is 0 Å². The van der Waals surface area contributed by atoms with E-state index in [0.717, 1.165) is 11.1 Å². The summed E-state index contributed by atoms with van der Waals surface area (Å²) in [7, 11) is 1.50. The van der Waals surface area contributed by atoms with Gasteiger partial charge in [-0.05, 0) is 23.5 Å². The van der Waals surface area contributed by atoms with Crippen LogP contribution in [0.3, 0.4) is 0 Å². The first-order chi connectivity index (χ1) is 18.6. The van der Waals surface area contributed by atoms with Crippen LogP contribution in [0, 0.1) is 5.92 Å². The Morgan fingerprint density at radius 2 is 1.51 bits per heavy atom. The molecule has 11 nitrogen and oxygen atoms in total. The fraction of sp³-hybridized carbons (Fsp3) is 0.429. The molecule has 5 amide bonds. The summed E-state index contributed by atoms with van der Waals surface area (Å²) in [5.74, 6) is -1.38. The Morgan fingerprint density at radius 1 is 0.923 bits per heavy atom. The Hall–Kier alpha value is -4.12. The maximum atomic E-state index is 13.3. The highest BCUT2D eigenvalue weighted by atomic mass is 16.5. The van der Waals surface area contributed by atoms with Gasteiger partial charge in [-0.25, -0.2) is 9.59 Å². The molecule has 6 N–H and O–H groups in total. The number of alkyl carbamates (subject to hydrolysis) is 1. The van der Waals surface area contributed by atoms with Crippen LogP contribution in [0.15, 0.2) is 60.7 Å². The van der Waals surface area contributed by atoms with E-state index < -0.39 is 42.5 Å². The second-order valence-electron chi connectivity index (χ2n) is 9.66. The molecule has 2 rings (SSSR count). The number of carbonyl (C=O) groups is 4. The third-order valence-corrected chi connectivity index (χ3v) is 5.81. The zero-order valence-electron chi connectivity index (χ0n) is 22.6. The third-order valence-electron chi connectivity index (χ3n) is 5.81. The molecule has 0 aliphatic carbocycles. The van der Waals surface area contributed by atoms with Gasteiger partial charge in [0.2, 0.25) is 11.8 Å². The maximum Gasteiger partial charge on any atom is 0.408 e. The fourth-order valence-corrected chi connectivity index (χ4v) is 3.94. The number of ether oxygens (including phenoxy) is 1. The van der Waals surface area contributed by atoms with Crippen molar-refractivity contribution in [3.63, 3.8) is 0 Å². The summed E-state index contributed by atoms with van der Waals surface area (Å²) < 4.78 is 5.18. The van der Waals surface area contributed by atoms with Crippen LogP contribution >= 0.6 is 0 Å². The van der Waals surface area contributed by atoms with E-state index in [0.29, 0.717) is 6.54 Å². The van der Waals surface area contributed by atoms with Crippen molar-refractivity contribution in [2.24, 2.45) is 11.7 Å². The molecule has 3 atom stereocenters. The number of rotatable bonds is 14. The first-order valence-electron chi connectivity index (χ1n) is 12.8. The topological polar surface area (TPSA) is 163 Å². The number of aliphatic hydroxyl groups excluding tert-OH is 1. The van der Waals surface area contributed by atoms with Crippen LogP contribution in [0.2, 0.25) is 0 Å². The van der Waals surface area contributed by atoms with Gasteiger partial charge < -0.3 is 36.4 Å². The number of nitrogens with one attached hydrogen (secondary N) is 3. The average molecular weight is 542 g/mol. The third kappa shape index (κ3) is 11.4. The molecule has 212 valence electrons. The van der Waals surface area contributed by atoms with Crippen molar-refractivity contribution in [2.45, 2.75) is 51.5 Å². The largest absolute Gasteiger partial charge is 0.445 e. The van der Waals surface area contributed by atoms with Gasteiger partial charge >= 0.3 is 12.1 Å². The lowest BCUT2D eigenvalue weighted by Gasteiger charge is -2.31. The van der Waals surface area contributed by atoms with Gasteiger partial charge in [0.15, 0.2) is 0 Å². The first-order valence-corrected chi connectivity index (χ1v) is 12.8. The van der Waals surface area contributed by atoms with Crippen LogP contribution in [-0.2, 0) is 27.4 Å². The van der Waals surface area contributed by atoms with Crippen LogP contribution < -0.4 is 21.7 Å². The number of nitrogens with two attached hydrogens (primary N) is 1. The smallest absolute Gasteiger partial charge is 0.408 e. The molecule has 0 saturated carbocycles. The van der Waals surface area contributed by atoms with Gasteiger partial charge in [0, 0.05) is 13.6 Å². The number of urea groups is 1. The van der Waals surface area contributed by atoms with Gasteiger partial charge in [-0.1, -0.05) is 74.5 Å². The molecule has 0 bridgehead atoms. The monoisotopic (exact) mass is 541 g/mol. The summed E-state index contributed by atoms with van der Waals surface area (Å²) in [6.45, 7) is 4.20. The molecule has 0 heterocycles. The highest BCUT2D eigenvalue weighted by molar-refractivity contribution is 5.90. The van der Waals surface area contributed by atoms with E-state index in [1.807, 2.05) is 50.2 Å². The SMILES string of the molecule is CNC(=O)N(CC(C)C)CC(O)C(Cc1ccccc1)NC(=O)C(CC(N)=O)NC(=O)OCc1ccccc1. The van der Waals surface area contributed by atoms with Crippen molar-refractivity contribution >= 4 is 23.9 Å². The van der Waals surface area contributed by atoms with E-state index in [1.54, 1.807) is 24.3 Å². The van der Waals surface area contributed by atoms with Crippen molar-refractivity contribution in [3.05, 3.63) is 71.8 Å². The van der Waals surface area contributed by atoms with Crippen LogP contribution in [0.4, 0.5) is 9.59 Å². The summed E-state index contributed by atoms with van der Waals surface area (Å²) in [5.41, 5.74) is 6.91. The Bertz CT molecular complexity index is 1070. The van der Waals surface area contributed by atoms with E-state index in [4.69, 9.17) is 10.5 Å². The predicted molar refractivity (Wildman–Crippen MR) is 146 cm³/mol. The minimum atomic E-state index is -1.33. The van der Waals surface area contributed by atoms with Gasteiger partial charge in [0.05, 0.1) is 25.1 Å². The molecule has 0 fully saturated rings. The molecule has 0 aromatic heterocycles. The maximum absolute atomic E-state index is 13.3. The summed E-state index contributed by atoms with van der Waals surface area (Å²) in [4.78, 5) is 51.2. The number of carbonyl (C=O) groups excluding carboxylic acids is 4. The lowest BCUT2D eigenvalue weighted by atomic mass is 9.99. The molecule has 3 unspecified atom stereocenters. The Kier molecular flexibility index (Phi) is 12.7. The van der Waals surface area contributed by atoms with Crippen molar-refractivity contribution in [3.8, 4) is 0 Å². The summed E-state index contributed by atoms with van der Waals surface area (Å²) in [5, 5.41) is 18.9. The molecule has 0 aliphatic rings. The van der Waals surface area contributed by atoms with E-state index in [9.17, 15) is 24.3 Å². The highest BCUT2D eigenvalue weighted by Gasteiger charge is 2.30. The van der Waals surface area contributed by atoms with Gasteiger partial charge in [0.1, 0.15) is 12.6 Å². The van der Waals surface area contributed by atoms with Crippen molar-refractivity contribution in [1.82, 2.24) is 20.9 Å². The summed E-state index contributed by atoms with van der Waals surface area (Å²) in [6.07, 6.45) is -2.30. The second-order valence-corrected chi connectivity index (χ2v) is 9.66.